The van der Waals surface area contributed by atoms with Crippen LogP contribution in [0.5, 0.6) is 5.75 Å². The molecule has 1 aromatic rings. The Morgan fingerprint density at radius 3 is 3.00 bits per heavy atom. The van der Waals surface area contributed by atoms with Crippen LogP contribution in [0.3, 0.4) is 0 Å². The van der Waals surface area contributed by atoms with E-state index < -0.39 is 0 Å². The predicted molar refractivity (Wildman–Crippen MR) is 76.7 cm³/mol. The van der Waals surface area contributed by atoms with Gasteiger partial charge in [-0.25, -0.2) is 0 Å². The maximum absolute atomic E-state index is 10.1. The smallest absolute Gasteiger partial charge is 0.137 e. The van der Waals surface area contributed by atoms with Crippen molar-refractivity contribution in [1.29, 1.82) is 0 Å². The monoisotopic (exact) mass is 264 g/mol. The van der Waals surface area contributed by atoms with Crippen molar-refractivity contribution >= 4 is 0 Å². The van der Waals surface area contributed by atoms with E-state index >= 15 is 0 Å². The van der Waals surface area contributed by atoms with Crippen molar-refractivity contribution < 1.29 is 14.7 Å². The molecule has 1 heterocycles. The van der Waals surface area contributed by atoms with E-state index in [9.17, 15) is 5.11 Å². The first-order valence-electron chi connectivity index (χ1n) is 7.37. The zero-order chi connectivity index (χ0) is 13.7. The summed E-state index contributed by atoms with van der Waals surface area (Å²) in [6, 6.07) is 8.64. The second-order valence-corrected chi connectivity index (χ2v) is 5.79. The third kappa shape index (κ3) is 4.51. The lowest BCUT2D eigenvalue weighted by Gasteiger charge is -2.31. The van der Waals surface area contributed by atoms with Gasteiger partial charge < -0.3 is 14.7 Å². The van der Waals surface area contributed by atoms with Crippen LogP contribution in [-0.2, 0) is 0 Å². The largest absolute Gasteiger partial charge is 0.491 e. The molecule has 1 aromatic carbocycles. The Bertz CT molecular complexity index is 394. The SMILES string of the molecule is Cc1cccc(OC[C@H](O)C[NH+]2CCCC[C@H]2C)c1. The van der Waals surface area contributed by atoms with Crippen molar-refractivity contribution in [1.82, 2.24) is 0 Å². The Kier molecular flexibility index (Phi) is 5.23. The van der Waals surface area contributed by atoms with Crippen molar-refractivity contribution in [2.24, 2.45) is 0 Å². The molecule has 106 valence electrons. The van der Waals surface area contributed by atoms with Gasteiger partial charge in [-0.05, 0) is 50.8 Å². The number of likely N-dealkylation sites (tertiary alicyclic amines) is 1. The number of hydrogen-bond donors (Lipinski definition) is 2. The zero-order valence-corrected chi connectivity index (χ0v) is 12.1. The number of piperidine rings is 1. The summed E-state index contributed by atoms with van der Waals surface area (Å²) in [5, 5.41) is 10.1. The van der Waals surface area contributed by atoms with E-state index in [1.54, 1.807) is 0 Å². The van der Waals surface area contributed by atoms with Crippen LogP contribution >= 0.6 is 0 Å². The van der Waals surface area contributed by atoms with Crippen molar-refractivity contribution in [2.45, 2.75) is 45.3 Å². The number of ether oxygens (including phenoxy) is 1. The fourth-order valence-corrected chi connectivity index (χ4v) is 2.82. The van der Waals surface area contributed by atoms with E-state index in [1.165, 1.54) is 36.3 Å². The molecule has 2 rings (SSSR count). The van der Waals surface area contributed by atoms with Gasteiger partial charge in [0.1, 0.15) is 25.0 Å². The van der Waals surface area contributed by atoms with Gasteiger partial charge >= 0.3 is 0 Å². The van der Waals surface area contributed by atoms with Crippen molar-refractivity contribution in [2.75, 3.05) is 19.7 Å². The summed E-state index contributed by atoms with van der Waals surface area (Å²) in [7, 11) is 0. The van der Waals surface area contributed by atoms with Gasteiger partial charge in [-0.3, -0.25) is 0 Å². The van der Waals surface area contributed by atoms with E-state index in [0.717, 1.165) is 12.3 Å². The van der Waals surface area contributed by atoms with Crippen molar-refractivity contribution in [3.63, 3.8) is 0 Å². The zero-order valence-electron chi connectivity index (χ0n) is 12.1. The molecule has 1 unspecified atom stereocenters. The predicted octanol–water partition coefficient (Wildman–Crippen LogP) is 1.19. The summed E-state index contributed by atoms with van der Waals surface area (Å²) >= 11 is 0. The van der Waals surface area contributed by atoms with Gasteiger partial charge in [-0.15, -0.1) is 0 Å². The fourth-order valence-electron chi connectivity index (χ4n) is 2.82. The molecule has 3 nitrogen and oxygen atoms in total. The van der Waals surface area contributed by atoms with Gasteiger partial charge in [0.05, 0.1) is 12.6 Å². The van der Waals surface area contributed by atoms with Gasteiger partial charge in [0.25, 0.3) is 0 Å². The van der Waals surface area contributed by atoms with Crippen molar-refractivity contribution in [3.05, 3.63) is 29.8 Å². The molecule has 19 heavy (non-hydrogen) atoms. The molecule has 0 aromatic heterocycles. The first kappa shape index (κ1) is 14.4. The molecule has 1 fully saturated rings. The highest BCUT2D eigenvalue weighted by Gasteiger charge is 2.24. The second-order valence-electron chi connectivity index (χ2n) is 5.79. The molecule has 0 bridgehead atoms. The molecule has 0 amide bonds. The van der Waals surface area contributed by atoms with Crippen LogP contribution in [0.4, 0.5) is 0 Å². The Morgan fingerprint density at radius 1 is 1.42 bits per heavy atom. The topological polar surface area (TPSA) is 33.9 Å². The Hall–Kier alpha value is -1.06. The molecule has 2 N–H and O–H groups in total. The summed E-state index contributed by atoms with van der Waals surface area (Å²) in [4.78, 5) is 1.52. The number of hydrogen-bond acceptors (Lipinski definition) is 2. The number of benzene rings is 1. The number of nitrogens with one attached hydrogen (secondary N) is 1. The summed E-state index contributed by atoms with van der Waals surface area (Å²) in [5.41, 5.74) is 1.18. The van der Waals surface area contributed by atoms with Gasteiger partial charge in [0.2, 0.25) is 0 Å². The minimum atomic E-state index is -0.379. The molecule has 1 aliphatic heterocycles. The fraction of sp³-hybridized carbons (Fsp3) is 0.625. The Balaban J connectivity index is 1.76. The van der Waals surface area contributed by atoms with Crippen LogP contribution in [-0.4, -0.2) is 36.9 Å². The van der Waals surface area contributed by atoms with Crippen LogP contribution in [0.2, 0.25) is 0 Å². The number of rotatable bonds is 5. The molecule has 1 aliphatic rings. The van der Waals surface area contributed by atoms with E-state index in [1.807, 2.05) is 31.2 Å². The first-order chi connectivity index (χ1) is 9.15. The minimum absolute atomic E-state index is 0.379. The summed E-state index contributed by atoms with van der Waals surface area (Å²) in [6.07, 6.45) is 3.52. The molecular formula is C16H26NO2+. The lowest BCUT2D eigenvalue weighted by molar-refractivity contribution is -0.931. The average Bonchev–Trinajstić information content (AvgIpc) is 2.39. The number of aryl methyl sites for hydroxylation is 1. The van der Waals surface area contributed by atoms with Gasteiger partial charge in [0.15, 0.2) is 0 Å². The van der Waals surface area contributed by atoms with Crippen LogP contribution < -0.4 is 9.64 Å². The summed E-state index contributed by atoms with van der Waals surface area (Å²) in [6.45, 7) is 6.70. The number of quaternary nitrogens is 1. The number of aliphatic hydroxyl groups excluding tert-OH is 1. The molecule has 3 heteroatoms. The minimum Gasteiger partial charge on any atom is -0.491 e. The average molecular weight is 264 g/mol. The lowest BCUT2D eigenvalue weighted by atomic mass is 10.0. The lowest BCUT2D eigenvalue weighted by Crippen LogP contribution is -3.17. The molecule has 0 aliphatic carbocycles. The highest BCUT2D eigenvalue weighted by molar-refractivity contribution is 5.27. The second kappa shape index (κ2) is 6.92. The Morgan fingerprint density at radius 2 is 2.26 bits per heavy atom. The van der Waals surface area contributed by atoms with Crippen LogP contribution in [0.1, 0.15) is 31.7 Å². The molecule has 3 atom stereocenters. The quantitative estimate of drug-likeness (QED) is 0.838. The molecule has 0 saturated carbocycles. The van der Waals surface area contributed by atoms with Crippen LogP contribution in [0, 0.1) is 6.92 Å². The maximum atomic E-state index is 10.1. The van der Waals surface area contributed by atoms with Crippen molar-refractivity contribution in [3.8, 4) is 5.75 Å². The highest BCUT2D eigenvalue weighted by atomic mass is 16.5. The standard InChI is InChI=1S/C16H25NO2/c1-13-6-5-8-16(10-13)19-12-15(18)11-17-9-4-3-7-14(17)2/h5-6,8,10,14-15,18H,3-4,7,9,11-12H2,1-2H3/p+1/t14-,15-/m1/s1. The van der Waals surface area contributed by atoms with Gasteiger partial charge in [0, 0.05) is 0 Å². The van der Waals surface area contributed by atoms with Crippen LogP contribution in [0.15, 0.2) is 24.3 Å². The highest BCUT2D eigenvalue weighted by Crippen LogP contribution is 2.12. The Labute approximate surface area is 116 Å². The van der Waals surface area contributed by atoms with E-state index in [2.05, 4.69) is 6.92 Å². The van der Waals surface area contributed by atoms with Gasteiger partial charge in [-0.1, -0.05) is 12.1 Å². The molecule has 1 saturated heterocycles. The van der Waals surface area contributed by atoms with E-state index in [-0.39, 0.29) is 6.10 Å². The third-order valence-corrected chi connectivity index (χ3v) is 4.01. The van der Waals surface area contributed by atoms with Crippen LogP contribution in [0.25, 0.3) is 0 Å². The number of aliphatic hydroxyl groups is 1. The molecule has 0 spiro atoms. The third-order valence-electron chi connectivity index (χ3n) is 4.01. The molecule has 0 radical (unpaired) electrons. The summed E-state index contributed by atoms with van der Waals surface area (Å²) < 4.78 is 5.66. The first-order valence-corrected chi connectivity index (χ1v) is 7.37. The normalized spacial score (nSPS) is 25.0. The van der Waals surface area contributed by atoms with E-state index in [4.69, 9.17) is 4.74 Å². The summed E-state index contributed by atoms with van der Waals surface area (Å²) in [5.74, 6) is 0.848. The molecular weight excluding hydrogens is 238 g/mol. The maximum Gasteiger partial charge on any atom is 0.137 e. The van der Waals surface area contributed by atoms with E-state index in [0.29, 0.717) is 12.6 Å². The van der Waals surface area contributed by atoms with Gasteiger partial charge in [-0.2, -0.15) is 0 Å².